The molecule has 1 nitrogen and oxygen atoms in total. The van der Waals surface area contributed by atoms with Crippen molar-refractivity contribution in [2.45, 2.75) is 19.4 Å². The third kappa shape index (κ3) is 2.06. The largest absolute Gasteiger partial charge is 0.319 e. The lowest BCUT2D eigenvalue weighted by Gasteiger charge is -2.05. The number of nitrogens with two attached hydrogens (primary N) is 1. The average Bonchev–Trinajstić information content (AvgIpc) is 3.02. The lowest BCUT2D eigenvalue weighted by atomic mass is 10.2. The molecule has 0 saturated carbocycles. The molecule has 0 saturated heterocycles. The highest BCUT2D eigenvalue weighted by Crippen LogP contribution is 2.36. The predicted molar refractivity (Wildman–Crippen MR) is 79.4 cm³/mol. The van der Waals surface area contributed by atoms with Crippen LogP contribution in [0.5, 0.6) is 0 Å². The van der Waals surface area contributed by atoms with E-state index in [4.69, 9.17) is 5.73 Å². The van der Waals surface area contributed by atoms with Crippen molar-refractivity contribution < 1.29 is 0 Å². The van der Waals surface area contributed by atoms with Gasteiger partial charge < -0.3 is 5.73 Å². The Hall–Kier alpha value is -0.680. The van der Waals surface area contributed by atoms with Crippen LogP contribution in [0.2, 0.25) is 0 Å². The Morgan fingerprint density at radius 2 is 2.00 bits per heavy atom. The van der Waals surface area contributed by atoms with Crippen molar-refractivity contribution in [3.63, 3.8) is 0 Å². The van der Waals surface area contributed by atoms with Crippen molar-refractivity contribution in [3.05, 3.63) is 44.3 Å². The molecule has 0 aliphatic carbocycles. The monoisotopic (exact) mass is 279 g/mol. The average molecular weight is 279 g/mol. The van der Waals surface area contributed by atoms with Gasteiger partial charge in [-0.25, -0.2) is 0 Å². The molecular formula is C13H13NS3. The van der Waals surface area contributed by atoms with Crippen molar-refractivity contribution in [1.29, 1.82) is 0 Å². The number of aryl methyl sites for hydroxylation is 1. The molecule has 3 aromatic heterocycles. The minimum Gasteiger partial charge on any atom is -0.319 e. The van der Waals surface area contributed by atoms with Gasteiger partial charge in [0.05, 0.1) is 6.04 Å². The summed E-state index contributed by atoms with van der Waals surface area (Å²) < 4.78 is 2.71. The standard InChI is InChI=1S/C13H13NS3/c1-2-8-3-4-10(16-8)13(14)12-7-11-9(17-12)5-6-15-11/h3-7,13H,2,14H2,1H3. The summed E-state index contributed by atoms with van der Waals surface area (Å²) in [5, 5.41) is 2.14. The van der Waals surface area contributed by atoms with Gasteiger partial charge in [-0.1, -0.05) is 6.92 Å². The molecule has 0 bridgehead atoms. The third-order valence-electron chi connectivity index (χ3n) is 2.80. The smallest absolute Gasteiger partial charge is 0.0740 e. The van der Waals surface area contributed by atoms with Crippen molar-refractivity contribution in [2.75, 3.05) is 0 Å². The van der Waals surface area contributed by atoms with E-state index in [0.717, 1.165) is 6.42 Å². The van der Waals surface area contributed by atoms with E-state index < -0.39 is 0 Å². The highest BCUT2D eigenvalue weighted by atomic mass is 32.1. The molecule has 2 N–H and O–H groups in total. The molecule has 0 amide bonds. The fourth-order valence-corrected chi connectivity index (χ4v) is 5.02. The molecule has 1 unspecified atom stereocenters. The van der Waals surface area contributed by atoms with Gasteiger partial charge in [-0.05, 0) is 36.1 Å². The van der Waals surface area contributed by atoms with Crippen LogP contribution in [-0.2, 0) is 6.42 Å². The summed E-state index contributed by atoms with van der Waals surface area (Å²) >= 11 is 5.44. The van der Waals surface area contributed by atoms with Gasteiger partial charge >= 0.3 is 0 Å². The van der Waals surface area contributed by atoms with Crippen molar-refractivity contribution >= 4 is 43.4 Å². The molecule has 3 aromatic rings. The van der Waals surface area contributed by atoms with Gasteiger partial charge in [-0.2, -0.15) is 0 Å². The molecule has 1 atom stereocenters. The summed E-state index contributed by atoms with van der Waals surface area (Å²) in [4.78, 5) is 3.96. The molecule has 0 aliphatic heterocycles. The molecule has 0 aliphatic rings. The van der Waals surface area contributed by atoms with Gasteiger partial charge in [0, 0.05) is 24.0 Å². The van der Waals surface area contributed by atoms with E-state index in [1.165, 1.54) is 24.0 Å². The Bertz CT molecular complexity index is 603. The second-order valence-electron chi connectivity index (χ2n) is 3.93. The first-order chi connectivity index (χ1) is 8.28. The molecule has 0 radical (unpaired) electrons. The first-order valence-electron chi connectivity index (χ1n) is 5.59. The number of hydrogen-bond acceptors (Lipinski definition) is 4. The SMILES string of the molecule is CCc1ccc(C(N)c2cc3sccc3s2)s1. The molecule has 3 rings (SSSR count). The van der Waals surface area contributed by atoms with Crippen LogP contribution in [0.4, 0.5) is 0 Å². The summed E-state index contributed by atoms with van der Waals surface area (Å²) in [6.07, 6.45) is 1.09. The van der Waals surface area contributed by atoms with Gasteiger partial charge in [-0.3, -0.25) is 0 Å². The summed E-state index contributed by atoms with van der Waals surface area (Å²) in [5.41, 5.74) is 6.33. The van der Waals surface area contributed by atoms with Crippen LogP contribution in [0.15, 0.2) is 29.6 Å². The van der Waals surface area contributed by atoms with Crippen molar-refractivity contribution in [1.82, 2.24) is 0 Å². The normalized spacial score (nSPS) is 13.3. The molecule has 3 heterocycles. The van der Waals surface area contributed by atoms with Gasteiger partial charge in [0.2, 0.25) is 0 Å². The minimum absolute atomic E-state index is 0.0462. The number of rotatable bonds is 3. The van der Waals surface area contributed by atoms with Gasteiger partial charge in [0.15, 0.2) is 0 Å². The quantitative estimate of drug-likeness (QED) is 0.743. The fraction of sp³-hybridized carbons (Fsp3) is 0.231. The number of thiophene rings is 3. The van der Waals surface area contributed by atoms with Gasteiger partial charge in [0.25, 0.3) is 0 Å². The summed E-state index contributed by atoms with van der Waals surface area (Å²) in [5.74, 6) is 0. The Morgan fingerprint density at radius 3 is 2.71 bits per heavy atom. The Morgan fingerprint density at radius 1 is 1.12 bits per heavy atom. The predicted octanol–water partition coefficient (Wildman–Crippen LogP) is 4.63. The summed E-state index contributed by atoms with van der Waals surface area (Å²) in [7, 11) is 0. The zero-order valence-electron chi connectivity index (χ0n) is 9.47. The van der Waals surface area contributed by atoms with Crippen LogP contribution in [0, 0.1) is 0 Å². The van der Waals surface area contributed by atoms with Crippen LogP contribution in [-0.4, -0.2) is 0 Å². The van der Waals surface area contributed by atoms with E-state index in [2.05, 4.69) is 36.6 Å². The van der Waals surface area contributed by atoms with Gasteiger partial charge in [0.1, 0.15) is 0 Å². The zero-order valence-corrected chi connectivity index (χ0v) is 11.9. The van der Waals surface area contributed by atoms with Crippen LogP contribution in [0.25, 0.3) is 9.40 Å². The van der Waals surface area contributed by atoms with E-state index in [9.17, 15) is 0 Å². The maximum Gasteiger partial charge on any atom is 0.0740 e. The van der Waals surface area contributed by atoms with E-state index >= 15 is 0 Å². The topological polar surface area (TPSA) is 26.0 Å². The molecule has 0 aromatic carbocycles. The fourth-order valence-electron chi connectivity index (χ4n) is 1.83. The van der Waals surface area contributed by atoms with Crippen LogP contribution < -0.4 is 5.73 Å². The first kappa shape index (κ1) is 11.4. The van der Waals surface area contributed by atoms with Gasteiger partial charge in [-0.15, -0.1) is 34.0 Å². The van der Waals surface area contributed by atoms with E-state index in [-0.39, 0.29) is 6.04 Å². The maximum absolute atomic E-state index is 6.33. The molecule has 88 valence electrons. The van der Waals surface area contributed by atoms with E-state index in [0.29, 0.717) is 0 Å². The molecule has 0 fully saturated rings. The third-order valence-corrected chi connectivity index (χ3v) is 6.29. The summed E-state index contributed by atoms with van der Waals surface area (Å²) in [6, 6.07) is 8.82. The van der Waals surface area contributed by atoms with Crippen molar-refractivity contribution in [3.8, 4) is 0 Å². The second kappa shape index (κ2) is 4.53. The van der Waals surface area contributed by atoms with Crippen LogP contribution >= 0.6 is 34.0 Å². The van der Waals surface area contributed by atoms with Crippen LogP contribution in [0.1, 0.15) is 27.6 Å². The molecule has 4 heteroatoms. The van der Waals surface area contributed by atoms with Crippen LogP contribution in [0.3, 0.4) is 0 Å². The Balaban J connectivity index is 1.95. The zero-order chi connectivity index (χ0) is 11.8. The lowest BCUT2D eigenvalue weighted by molar-refractivity contribution is 0.918. The Kier molecular flexibility index (Phi) is 3.04. The highest BCUT2D eigenvalue weighted by molar-refractivity contribution is 7.27. The maximum atomic E-state index is 6.33. The molecular weight excluding hydrogens is 266 g/mol. The minimum atomic E-state index is 0.0462. The van der Waals surface area contributed by atoms with E-state index in [1.807, 2.05) is 22.7 Å². The second-order valence-corrected chi connectivity index (χ2v) is 7.20. The van der Waals surface area contributed by atoms with E-state index in [1.54, 1.807) is 11.3 Å². The molecule has 17 heavy (non-hydrogen) atoms. The number of fused-ring (bicyclic) bond motifs is 1. The lowest BCUT2D eigenvalue weighted by Crippen LogP contribution is -2.07. The Labute approximate surface area is 113 Å². The summed E-state index contributed by atoms with van der Waals surface area (Å²) in [6.45, 7) is 2.18. The highest BCUT2D eigenvalue weighted by Gasteiger charge is 2.14. The molecule has 0 spiro atoms. The number of hydrogen-bond donors (Lipinski definition) is 1. The first-order valence-corrected chi connectivity index (χ1v) is 8.10. The van der Waals surface area contributed by atoms with Crippen molar-refractivity contribution in [2.24, 2.45) is 5.73 Å².